The number of benzene rings is 1. The zero-order valence-corrected chi connectivity index (χ0v) is 13.0. The Balaban J connectivity index is 0.00000220. The molecule has 0 aliphatic carbocycles. The first-order valence-electron chi connectivity index (χ1n) is 7.01. The van der Waals surface area contributed by atoms with E-state index in [9.17, 15) is 4.79 Å². The van der Waals surface area contributed by atoms with Crippen LogP contribution in [0.1, 0.15) is 31.7 Å². The molecule has 0 radical (unpaired) electrons. The summed E-state index contributed by atoms with van der Waals surface area (Å²) in [6.07, 6.45) is 1.89. The third kappa shape index (κ3) is 5.44. The molecule has 21 heavy (non-hydrogen) atoms. The normalized spacial score (nSPS) is 12.3. The fourth-order valence-electron chi connectivity index (χ4n) is 2.26. The molecule has 5 nitrogen and oxygen atoms in total. The van der Waals surface area contributed by atoms with E-state index in [4.69, 9.17) is 14.6 Å². The highest BCUT2D eigenvalue weighted by atomic mass is 35.5. The van der Waals surface area contributed by atoms with Crippen molar-refractivity contribution in [2.24, 2.45) is 0 Å². The van der Waals surface area contributed by atoms with Crippen LogP contribution >= 0.6 is 12.4 Å². The first-order chi connectivity index (χ1) is 9.69. The maximum Gasteiger partial charge on any atom is 0.303 e. The molecule has 1 aliphatic heterocycles. The lowest BCUT2D eigenvalue weighted by molar-refractivity contribution is -0.137. The lowest BCUT2D eigenvalue weighted by Gasteiger charge is -2.20. The van der Waals surface area contributed by atoms with Crippen LogP contribution in [0.5, 0.6) is 11.5 Å². The van der Waals surface area contributed by atoms with E-state index in [-0.39, 0.29) is 18.8 Å². The predicted octanol–water partition coefficient (Wildman–Crippen LogP) is 2.91. The quantitative estimate of drug-likeness (QED) is 0.747. The smallest absolute Gasteiger partial charge is 0.303 e. The summed E-state index contributed by atoms with van der Waals surface area (Å²) < 4.78 is 10.7. The van der Waals surface area contributed by atoms with Gasteiger partial charge in [0.1, 0.15) is 0 Å². The lowest BCUT2D eigenvalue weighted by atomic mass is 10.1. The molecule has 0 amide bonds. The van der Waals surface area contributed by atoms with Crippen molar-refractivity contribution in [3.05, 3.63) is 23.8 Å². The molecule has 1 heterocycles. The van der Waals surface area contributed by atoms with Crippen LogP contribution in [0, 0.1) is 0 Å². The van der Waals surface area contributed by atoms with Crippen LogP contribution in [0.3, 0.4) is 0 Å². The Bertz CT molecular complexity index is 467. The van der Waals surface area contributed by atoms with Crippen LogP contribution in [0.4, 0.5) is 0 Å². The van der Waals surface area contributed by atoms with Gasteiger partial charge in [-0.3, -0.25) is 9.69 Å². The molecule has 1 aliphatic rings. The Morgan fingerprint density at radius 3 is 2.76 bits per heavy atom. The van der Waals surface area contributed by atoms with Gasteiger partial charge in [-0.25, -0.2) is 0 Å². The molecule has 0 atom stereocenters. The van der Waals surface area contributed by atoms with Crippen molar-refractivity contribution in [1.29, 1.82) is 0 Å². The minimum Gasteiger partial charge on any atom is -0.481 e. The van der Waals surface area contributed by atoms with E-state index in [1.807, 2.05) is 18.2 Å². The Hall–Kier alpha value is -1.46. The second kappa shape index (κ2) is 8.74. The molecular weight excluding hydrogens is 294 g/mol. The average molecular weight is 316 g/mol. The number of ether oxygens (including phenoxy) is 2. The summed E-state index contributed by atoms with van der Waals surface area (Å²) in [5.74, 6) is 0.895. The number of carboxylic acid groups (broad SMARTS) is 1. The molecule has 6 heteroatoms. The molecule has 0 spiro atoms. The summed E-state index contributed by atoms with van der Waals surface area (Å²) in [6, 6.07) is 6.01. The van der Waals surface area contributed by atoms with Crippen molar-refractivity contribution >= 4 is 18.4 Å². The number of hydrogen-bond donors (Lipinski definition) is 1. The monoisotopic (exact) mass is 315 g/mol. The van der Waals surface area contributed by atoms with Gasteiger partial charge in [0.05, 0.1) is 0 Å². The number of halogens is 1. The van der Waals surface area contributed by atoms with Crippen LogP contribution in [-0.4, -0.2) is 35.9 Å². The number of fused-ring (bicyclic) bond motifs is 1. The molecule has 1 aromatic carbocycles. The van der Waals surface area contributed by atoms with Crippen molar-refractivity contribution in [1.82, 2.24) is 4.90 Å². The SMILES string of the molecule is CCN(CCCCC(=O)O)Cc1ccc2c(c1)OCO2.Cl. The molecule has 1 aromatic rings. The van der Waals surface area contributed by atoms with Crippen LogP contribution < -0.4 is 9.47 Å². The molecule has 0 saturated heterocycles. The van der Waals surface area contributed by atoms with Crippen LogP contribution in [0.2, 0.25) is 0 Å². The highest BCUT2D eigenvalue weighted by molar-refractivity contribution is 5.85. The zero-order valence-electron chi connectivity index (χ0n) is 12.2. The Labute approximate surface area is 131 Å². The largest absolute Gasteiger partial charge is 0.481 e. The molecular formula is C15H22ClNO4. The van der Waals surface area contributed by atoms with Crippen molar-refractivity contribution in [3.8, 4) is 11.5 Å². The predicted molar refractivity (Wildman–Crippen MR) is 82.3 cm³/mol. The summed E-state index contributed by atoms with van der Waals surface area (Å²) in [5, 5.41) is 8.62. The van der Waals surface area contributed by atoms with Crippen LogP contribution in [-0.2, 0) is 11.3 Å². The fraction of sp³-hybridized carbons (Fsp3) is 0.533. The summed E-state index contributed by atoms with van der Waals surface area (Å²) in [5.41, 5.74) is 1.19. The van der Waals surface area contributed by atoms with Gasteiger partial charge in [0.25, 0.3) is 0 Å². The number of carboxylic acids is 1. The van der Waals surface area contributed by atoms with Gasteiger partial charge in [-0.1, -0.05) is 13.0 Å². The Morgan fingerprint density at radius 2 is 2.05 bits per heavy atom. The number of rotatable bonds is 8. The van der Waals surface area contributed by atoms with E-state index in [2.05, 4.69) is 11.8 Å². The number of hydrogen-bond acceptors (Lipinski definition) is 4. The third-order valence-electron chi connectivity index (χ3n) is 3.41. The molecule has 0 unspecified atom stereocenters. The van der Waals surface area contributed by atoms with Gasteiger partial charge in [0.2, 0.25) is 6.79 Å². The van der Waals surface area contributed by atoms with E-state index >= 15 is 0 Å². The van der Waals surface area contributed by atoms with E-state index < -0.39 is 5.97 Å². The summed E-state index contributed by atoms with van der Waals surface area (Å²) in [7, 11) is 0. The molecule has 1 N–H and O–H groups in total. The Morgan fingerprint density at radius 1 is 1.29 bits per heavy atom. The minimum atomic E-state index is -0.719. The maximum absolute atomic E-state index is 10.5. The average Bonchev–Trinajstić information content (AvgIpc) is 2.89. The molecule has 118 valence electrons. The van der Waals surface area contributed by atoms with Gasteiger partial charge in [0, 0.05) is 13.0 Å². The van der Waals surface area contributed by atoms with Gasteiger partial charge in [-0.2, -0.15) is 0 Å². The van der Waals surface area contributed by atoms with Gasteiger partial charge in [-0.15, -0.1) is 12.4 Å². The summed E-state index contributed by atoms with van der Waals surface area (Å²) in [4.78, 5) is 12.8. The lowest BCUT2D eigenvalue weighted by Crippen LogP contribution is -2.24. The number of unbranched alkanes of at least 4 members (excludes halogenated alkanes) is 1. The number of nitrogens with zero attached hydrogens (tertiary/aromatic N) is 1. The second-order valence-corrected chi connectivity index (χ2v) is 4.91. The zero-order chi connectivity index (χ0) is 14.4. The third-order valence-corrected chi connectivity index (χ3v) is 3.41. The van der Waals surface area contributed by atoms with Crippen molar-refractivity contribution in [2.45, 2.75) is 32.7 Å². The van der Waals surface area contributed by atoms with Gasteiger partial charge in [-0.05, 0) is 43.6 Å². The van der Waals surface area contributed by atoms with Gasteiger partial charge < -0.3 is 14.6 Å². The topological polar surface area (TPSA) is 59.0 Å². The van der Waals surface area contributed by atoms with Crippen molar-refractivity contribution in [3.63, 3.8) is 0 Å². The maximum atomic E-state index is 10.5. The summed E-state index contributed by atoms with van der Waals surface area (Å²) >= 11 is 0. The van der Waals surface area contributed by atoms with E-state index in [1.165, 1.54) is 5.56 Å². The highest BCUT2D eigenvalue weighted by Gasteiger charge is 2.14. The number of aliphatic carboxylic acids is 1. The van der Waals surface area contributed by atoms with Gasteiger partial charge in [0.15, 0.2) is 11.5 Å². The molecule has 0 saturated carbocycles. The minimum absolute atomic E-state index is 0. The number of carbonyl (C=O) groups is 1. The Kier molecular flexibility index (Phi) is 7.32. The molecule has 0 aromatic heterocycles. The summed E-state index contributed by atoms with van der Waals surface area (Å²) in [6.45, 7) is 5.12. The highest BCUT2D eigenvalue weighted by Crippen LogP contribution is 2.32. The second-order valence-electron chi connectivity index (χ2n) is 4.91. The molecule has 0 fully saturated rings. The van der Waals surface area contributed by atoms with E-state index in [0.717, 1.165) is 44.0 Å². The van der Waals surface area contributed by atoms with Crippen LogP contribution in [0.15, 0.2) is 18.2 Å². The molecule has 2 rings (SSSR count). The standard InChI is InChI=1S/C15H21NO4.ClH/c1-2-16(8-4-3-5-15(17)18)10-12-6-7-13-14(9-12)20-11-19-13;/h6-7,9H,2-5,8,10-11H2,1H3,(H,17,18);1H. The van der Waals surface area contributed by atoms with Crippen molar-refractivity contribution in [2.75, 3.05) is 19.9 Å². The van der Waals surface area contributed by atoms with Crippen molar-refractivity contribution < 1.29 is 19.4 Å². The fourth-order valence-corrected chi connectivity index (χ4v) is 2.26. The van der Waals surface area contributed by atoms with Crippen LogP contribution in [0.25, 0.3) is 0 Å². The first kappa shape index (κ1) is 17.6. The van der Waals surface area contributed by atoms with Gasteiger partial charge >= 0.3 is 5.97 Å². The van der Waals surface area contributed by atoms with E-state index in [0.29, 0.717) is 6.79 Å². The first-order valence-corrected chi connectivity index (χ1v) is 7.01. The van der Waals surface area contributed by atoms with E-state index in [1.54, 1.807) is 0 Å². The molecule has 0 bridgehead atoms.